The summed E-state index contributed by atoms with van der Waals surface area (Å²) in [6.07, 6.45) is 5.53. The lowest BCUT2D eigenvalue weighted by Gasteiger charge is -2.22. The van der Waals surface area contributed by atoms with Crippen molar-refractivity contribution in [2.24, 2.45) is 11.8 Å². The van der Waals surface area contributed by atoms with Gasteiger partial charge >= 0.3 is 0 Å². The molecule has 1 N–H and O–H groups in total. The van der Waals surface area contributed by atoms with Crippen LogP contribution in [0.25, 0.3) is 11.3 Å². The molecule has 1 fully saturated rings. The highest BCUT2D eigenvalue weighted by atomic mass is 35.5. The van der Waals surface area contributed by atoms with Crippen LogP contribution in [0.15, 0.2) is 48.5 Å². The third kappa shape index (κ3) is 6.64. The summed E-state index contributed by atoms with van der Waals surface area (Å²) < 4.78 is 0. The second-order valence-electron chi connectivity index (χ2n) is 9.68. The van der Waals surface area contributed by atoms with E-state index in [9.17, 15) is 4.79 Å². The lowest BCUT2D eigenvalue weighted by molar-refractivity contribution is -0.120. The molecular weight excluding hydrogens is 465 g/mol. The number of rotatable bonds is 12. The van der Waals surface area contributed by atoms with Gasteiger partial charge in [0.1, 0.15) is 5.78 Å². The van der Waals surface area contributed by atoms with Crippen LogP contribution in [0.5, 0.6) is 0 Å². The number of halogens is 2. The molecule has 0 radical (unpaired) electrons. The Morgan fingerprint density at radius 2 is 1.85 bits per heavy atom. The lowest BCUT2D eigenvalue weighted by Crippen LogP contribution is -2.29. The van der Waals surface area contributed by atoms with Gasteiger partial charge in [0, 0.05) is 36.7 Å². The molecule has 1 aromatic heterocycles. The predicted molar refractivity (Wildman–Crippen MR) is 142 cm³/mol. The highest BCUT2D eigenvalue weighted by molar-refractivity contribution is 6.42. The summed E-state index contributed by atoms with van der Waals surface area (Å²) in [7, 11) is 0. The molecule has 0 atom stereocenters. The Morgan fingerprint density at radius 3 is 2.53 bits per heavy atom. The summed E-state index contributed by atoms with van der Waals surface area (Å²) in [5.41, 5.74) is 4.27. The van der Waals surface area contributed by atoms with E-state index in [0.29, 0.717) is 34.7 Å². The minimum atomic E-state index is 0.283. The standard InChI is InChI=1S/C28H33Cl2N3O/c1-19(2)17-25-27(22-12-13-23(29)24(30)18-22)32-28(31-25)33(16-14-26(34)21-10-11-21)15-6-9-20-7-4-3-5-8-20/h3-5,7-8,12-13,18-19,21H,6,9-11,14-17H2,1-2H3,(H,31,32). The Morgan fingerprint density at radius 1 is 1.09 bits per heavy atom. The number of hydrogen-bond acceptors (Lipinski definition) is 3. The third-order valence-electron chi connectivity index (χ3n) is 6.27. The van der Waals surface area contributed by atoms with Gasteiger partial charge in [0.05, 0.1) is 15.7 Å². The molecule has 0 unspecified atom stereocenters. The van der Waals surface area contributed by atoms with Crippen LogP contribution in [0.2, 0.25) is 10.0 Å². The third-order valence-corrected chi connectivity index (χ3v) is 7.01. The second-order valence-corrected chi connectivity index (χ2v) is 10.5. The zero-order chi connectivity index (χ0) is 24.1. The maximum Gasteiger partial charge on any atom is 0.203 e. The molecule has 0 saturated heterocycles. The van der Waals surface area contributed by atoms with Gasteiger partial charge in [0.2, 0.25) is 5.95 Å². The fourth-order valence-corrected chi connectivity index (χ4v) is 4.58. The van der Waals surface area contributed by atoms with Crippen LogP contribution < -0.4 is 4.90 Å². The monoisotopic (exact) mass is 497 g/mol. The molecule has 0 spiro atoms. The van der Waals surface area contributed by atoms with Crippen LogP contribution in [0.4, 0.5) is 5.95 Å². The predicted octanol–water partition coefficient (Wildman–Crippen LogP) is 7.39. The molecule has 2 aromatic carbocycles. The number of carbonyl (C=O) groups excluding carboxylic acids is 1. The minimum Gasteiger partial charge on any atom is -0.342 e. The number of anilines is 1. The number of nitrogens with zero attached hydrogens (tertiary/aromatic N) is 2. The fourth-order valence-electron chi connectivity index (χ4n) is 4.28. The SMILES string of the molecule is CC(C)Cc1[nH]c(N(CCCc2ccccc2)CCC(=O)C2CC2)nc1-c1ccc(Cl)c(Cl)c1. The zero-order valence-corrected chi connectivity index (χ0v) is 21.5. The molecule has 3 aromatic rings. The number of hydrogen-bond donors (Lipinski definition) is 1. The van der Waals surface area contributed by atoms with E-state index in [4.69, 9.17) is 28.2 Å². The van der Waals surface area contributed by atoms with E-state index in [0.717, 1.165) is 61.5 Å². The van der Waals surface area contributed by atoms with Gasteiger partial charge in [-0.1, -0.05) is 73.4 Å². The van der Waals surface area contributed by atoms with E-state index >= 15 is 0 Å². The Kier molecular flexibility index (Phi) is 8.33. The number of aryl methyl sites for hydroxylation is 1. The van der Waals surface area contributed by atoms with E-state index in [1.807, 2.05) is 24.3 Å². The minimum absolute atomic E-state index is 0.283. The molecule has 4 nitrogen and oxygen atoms in total. The molecule has 0 amide bonds. The molecule has 1 aliphatic carbocycles. The number of ketones is 1. The van der Waals surface area contributed by atoms with Crippen molar-refractivity contribution in [1.82, 2.24) is 9.97 Å². The molecule has 1 saturated carbocycles. The number of aromatic nitrogens is 2. The number of imidazole rings is 1. The number of H-pyrrole nitrogens is 1. The Hall–Kier alpha value is -2.30. The van der Waals surface area contributed by atoms with Crippen LogP contribution in [0.1, 0.15) is 50.8 Å². The summed E-state index contributed by atoms with van der Waals surface area (Å²) in [6, 6.07) is 16.2. The van der Waals surface area contributed by atoms with Gasteiger partial charge in [-0.05, 0) is 55.7 Å². The summed E-state index contributed by atoms with van der Waals surface area (Å²) in [5, 5.41) is 1.06. The summed E-state index contributed by atoms with van der Waals surface area (Å²) in [5.74, 6) is 1.96. The topological polar surface area (TPSA) is 49.0 Å². The number of carbonyl (C=O) groups is 1. The number of aromatic amines is 1. The van der Waals surface area contributed by atoms with Gasteiger partial charge < -0.3 is 9.88 Å². The average molecular weight is 498 g/mol. The maximum absolute atomic E-state index is 12.5. The molecular formula is C28H33Cl2N3O. The largest absolute Gasteiger partial charge is 0.342 e. The first-order chi connectivity index (χ1) is 16.4. The Balaban J connectivity index is 1.57. The first-order valence-corrected chi connectivity index (χ1v) is 13.0. The molecule has 0 bridgehead atoms. The van der Waals surface area contributed by atoms with Gasteiger partial charge in [-0.15, -0.1) is 0 Å². The average Bonchev–Trinajstić information content (AvgIpc) is 3.59. The van der Waals surface area contributed by atoms with Gasteiger partial charge in [0.15, 0.2) is 0 Å². The van der Waals surface area contributed by atoms with Crippen molar-refractivity contribution in [3.05, 3.63) is 69.8 Å². The summed E-state index contributed by atoms with van der Waals surface area (Å²) in [4.78, 5) is 23.3. The first kappa shape index (κ1) is 24.8. The Bertz CT molecular complexity index is 1110. The molecule has 34 heavy (non-hydrogen) atoms. The van der Waals surface area contributed by atoms with Crippen molar-refractivity contribution in [2.75, 3.05) is 18.0 Å². The van der Waals surface area contributed by atoms with Gasteiger partial charge in [-0.25, -0.2) is 4.98 Å². The van der Waals surface area contributed by atoms with Crippen molar-refractivity contribution < 1.29 is 4.79 Å². The molecule has 1 heterocycles. The fraction of sp³-hybridized carbons (Fsp3) is 0.429. The van der Waals surface area contributed by atoms with Crippen molar-refractivity contribution in [3.8, 4) is 11.3 Å². The lowest BCUT2D eigenvalue weighted by atomic mass is 10.0. The van der Waals surface area contributed by atoms with Crippen LogP contribution in [-0.4, -0.2) is 28.8 Å². The van der Waals surface area contributed by atoms with E-state index < -0.39 is 0 Å². The van der Waals surface area contributed by atoms with E-state index in [-0.39, 0.29) is 5.92 Å². The number of nitrogens with one attached hydrogen (secondary N) is 1. The van der Waals surface area contributed by atoms with E-state index in [1.165, 1.54) is 5.56 Å². The quantitative estimate of drug-likeness (QED) is 0.283. The normalized spacial score (nSPS) is 13.4. The molecule has 180 valence electrons. The van der Waals surface area contributed by atoms with Crippen LogP contribution >= 0.6 is 23.2 Å². The zero-order valence-electron chi connectivity index (χ0n) is 20.0. The summed E-state index contributed by atoms with van der Waals surface area (Å²) in [6.45, 7) is 5.91. The van der Waals surface area contributed by atoms with Crippen molar-refractivity contribution >= 4 is 34.9 Å². The number of Topliss-reactive ketones (excluding diaryl/α,β-unsaturated/α-hetero) is 1. The van der Waals surface area contributed by atoms with Crippen molar-refractivity contribution in [2.45, 2.75) is 52.4 Å². The van der Waals surface area contributed by atoms with Gasteiger partial charge in [0.25, 0.3) is 0 Å². The molecule has 6 heteroatoms. The van der Waals surface area contributed by atoms with Crippen LogP contribution in [0, 0.1) is 11.8 Å². The van der Waals surface area contributed by atoms with E-state index in [1.54, 1.807) is 0 Å². The second kappa shape index (κ2) is 11.4. The molecule has 1 aliphatic rings. The maximum atomic E-state index is 12.5. The van der Waals surface area contributed by atoms with Gasteiger partial charge in [-0.2, -0.15) is 0 Å². The van der Waals surface area contributed by atoms with Crippen LogP contribution in [-0.2, 0) is 17.6 Å². The van der Waals surface area contributed by atoms with E-state index in [2.05, 4.69) is 48.0 Å². The Labute approximate surface area is 212 Å². The number of benzene rings is 2. The first-order valence-electron chi connectivity index (χ1n) is 12.3. The van der Waals surface area contributed by atoms with Gasteiger partial charge in [-0.3, -0.25) is 4.79 Å². The highest BCUT2D eigenvalue weighted by Gasteiger charge is 2.29. The smallest absolute Gasteiger partial charge is 0.203 e. The van der Waals surface area contributed by atoms with Crippen molar-refractivity contribution in [3.63, 3.8) is 0 Å². The molecule has 4 rings (SSSR count). The summed E-state index contributed by atoms with van der Waals surface area (Å²) >= 11 is 12.5. The highest BCUT2D eigenvalue weighted by Crippen LogP contribution is 2.33. The van der Waals surface area contributed by atoms with Crippen LogP contribution in [0.3, 0.4) is 0 Å². The van der Waals surface area contributed by atoms with Crippen molar-refractivity contribution in [1.29, 1.82) is 0 Å². The molecule has 0 aliphatic heterocycles.